The third-order valence-electron chi connectivity index (χ3n) is 4.10. The number of carbonyl (C=O) groups excluding carboxylic acids is 3. The van der Waals surface area contributed by atoms with Gasteiger partial charge in [-0.05, 0) is 24.3 Å². The van der Waals surface area contributed by atoms with Crippen LogP contribution in [0.3, 0.4) is 0 Å². The third-order valence-corrected chi connectivity index (χ3v) is 4.10. The molecule has 0 radical (unpaired) electrons. The fourth-order valence-electron chi connectivity index (χ4n) is 2.87. The molecule has 0 aliphatic carbocycles. The van der Waals surface area contributed by atoms with Crippen LogP contribution in [-0.4, -0.2) is 41.4 Å². The van der Waals surface area contributed by atoms with Crippen molar-refractivity contribution >= 4 is 17.8 Å². The molecule has 1 saturated heterocycles. The number of ether oxygens (including phenoxy) is 1. The molecule has 7 heteroatoms. The molecule has 0 aromatic heterocycles. The number of benzene rings is 2. The van der Waals surface area contributed by atoms with Crippen LogP contribution in [0.5, 0.6) is 0 Å². The summed E-state index contributed by atoms with van der Waals surface area (Å²) in [4.78, 5) is 37.3. The van der Waals surface area contributed by atoms with E-state index >= 15 is 0 Å². The molecule has 0 unspecified atom stereocenters. The minimum Gasteiger partial charge on any atom is -0.548 e. The van der Waals surface area contributed by atoms with Crippen molar-refractivity contribution in [2.45, 2.75) is 18.6 Å². The van der Waals surface area contributed by atoms with Gasteiger partial charge in [0, 0.05) is 12.0 Å². The predicted molar refractivity (Wildman–Crippen MR) is 86.5 cm³/mol. The van der Waals surface area contributed by atoms with Crippen molar-refractivity contribution in [3.63, 3.8) is 0 Å². The maximum absolute atomic E-state index is 12.6. The number of hydrogen-bond donors (Lipinski definition) is 0. The summed E-state index contributed by atoms with van der Waals surface area (Å²) in [7, 11) is 0. The molecule has 1 aliphatic heterocycles. The van der Waals surface area contributed by atoms with Crippen LogP contribution in [0.2, 0.25) is 0 Å². The molecule has 2 aromatic carbocycles. The first-order valence-electron chi connectivity index (χ1n) is 7.89. The second-order valence-corrected chi connectivity index (χ2v) is 5.79. The molecule has 1 heterocycles. The summed E-state index contributed by atoms with van der Waals surface area (Å²) in [5, 5.41) is 11.4. The second kappa shape index (κ2) is 8.98. The number of aliphatic carboxylic acids is 1. The smallest absolute Gasteiger partial charge is 0.548 e. The van der Waals surface area contributed by atoms with E-state index < -0.39 is 30.0 Å². The van der Waals surface area contributed by atoms with Crippen molar-refractivity contribution in [1.29, 1.82) is 0 Å². The minimum atomic E-state index is -1.36. The van der Waals surface area contributed by atoms with Crippen molar-refractivity contribution in [1.82, 2.24) is 4.90 Å². The first-order valence-corrected chi connectivity index (χ1v) is 7.89. The number of carboxylic acids is 1. The molecule has 0 N–H and O–H groups in total. The van der Waals surface area contributed by atoms with Crippen molar-refractivity contribution in [3.05, 3.63) is 71.8 Å². The van der Waals surface area contributed by atoms with Gasteiger partial charge in [0.15, 0.2) is 0 Å². The van der Waals surface area contributed by atoms with Crippen LogP contribution >= 0.6 is 0 Å². The van der Waals surface area contributed by atoms with Gasteiger partial charge < -0.3 is 19.5 Å². The number of esters is 1. The number of rotatable bonds is 4. The van der Waals surface area contributed by atoms with E-state index in [1.54, 1.807) is 60.7 Å². The maximum Gasteiger partial charge on any atom is 1.00 e. The molecule has 26 heavy (non-hydrogen) atoms. The van der Waals surface area contributed by atoms with E-state index in [1.807, 2.05) is 0 Å². The molecular formula is C19H16NNaO5. The van der Waals surface area contributed by atoms with E-state index in [0.29, 0.717) is 11.1 Å². The van der Waals surface area contributed by atoms with Gasteiger partial charge in [-0.3, -0.25) is 4.79 Å². The first-order chi connectivity index (χ1) is 12.1. The van der Waals surface area contributed by atoms with E-state index in [1.165, 1.54) is 4.90 Å². The van der Waals surface area contributed by atoms with Crippen LogP contribution in [0.15, 0.2) is 60.7 Å². The number of amides is 1. The Kier molecular flexibility index (Phi) is 6.97. The largest absolute Gasteiger partial charge is 1.00 e. The molecule has 1 fully saturated rings. The molecule has 0 bridgehead atoms. The molecule has 0 saturated carbocycles. The van der Waals surface area contributed by atoms with E-state index in [0.717, 1.165) is 0 Å². The molecule has 1 amide bonds. The molecule has 2 aromatic rings. The Bertz CT molecular complexity index is 781. The summed E-state index contributed by atoms with van der Waals surface area (Å²) < 4.78 is 5.37. The van der Waals surface area contributed by atoms with E-state index in [2.05, 4.69) is 0 Å². The molecular weight excluding hydrogens is 345 g/mol. The van der Waals surface area contributed by atoms with Gasteiger partial charge in [-0.1, -0.05) is 36.4 Å². The summed E-state index contributed by atoms with van der Waals surface area (Å²) in [6, 6.07) is 15.7. The van der Waals surface area contributed by atoms with Crippen LogP contribution in [0.4, 0.5) is 0 Å². The molecule has 1 aliphatic rings. The van der Waals surface area contributed by atoms with Gasteiger partial charge in [0.05, 0.1) is 24.1 Å². The molecule has 3 rings (SSSR count). The zero-order chi connectivity index (χ0) is 17.8. The minimum absolute atomic E-state index is 0. The van der Waals surface area contributed by atoms with Gasteiger partial charge in [-0.15, -0.1) is 0 Å². The summed E-state index contributed by atoms with van der Waals surface area (Å²) in [5.74, 6) is -2.33. The number of likely N-dealkylation sites (tertiary alicyclic amines) is 1. The molecule has 128 valence electrons. The van der Waals surface area contributed by atoms with Crippen LogP contribution in [0, 0.1) is 0 Å². The first kappa shape index (κ1) is 20.2. The second-order valence-electron chi connectivity index (χ2n) is 5.79. The van der Waals surface area contributed by atoms with Gasteiger partial charge in [-0.2, -0.15) is 0 Å². The Balaban J connectivity index is 0.00000243. The standard InChI is InChI=1S/C19H17NO5.Na/c21-17(13-7-3-1-4-8-13)20-12-15(11-16(20)18(22)23)25-19(24)14-9-5-2-6-10-14;/h1-10,15-16H,11-12H2,(H,22,23);/q;+1/p-1/t15-,16-;/m1./s1. The number of carboxylic acid groups (broad SMARTS) is 1. The van der Waals surface area contributed by atoms with Crippen molar-refractivity contribution in [3.8, 4) is 0 Å². The Morgan fingerprint density at radius 1 is 0.923 bits per heavy atom. The summed E-state index contributed by atoms with van der Waals surface area (Å²) in [6.07, 6.45) is -0.678. The van der Waals surface area contributed by atoms with Crippen LogP contribution in [0.1, 0.15) is 27.1 Å². The number of hydrogen-bond acceptors (Lipinski definition) is 5. The summed E-state index contributed by atoms with van der Waals surface area (Å²) in [6.45, 7) is 0.0188. The Labute approximate surface area is 173 Å². The van der Waals surface area contributed by atoms with Gasteiger partial charge in [0.2, 0.25) is 0 Å². The zero-order valence-corrected chi connectivity index (χ0v) is 16.3. The van der Waals surface area contributed by atoms with E-state index in [9.17, 15) is 19.5 Å². The SMILES string of the molecule is O=C(O[C@@H]1C[C@H](C(=O)[O-])N(C(=O)c2ccccc2)C1)c1ccccc1.[Na+]. The van der Waals surface area contributed by atoms with Crippen LogP contribution in [-0.2, 0) is 9.53 Å². The van der Waals surface area contributed by atoms with E-state index in [4.69, 9.17) is 4.74 Å². The van der Waals surface area contributed by atoms with Gasteiger partial charge in [0.25, 0.3) is 5.91 Å². The number of carbonyl (C=O) groups is 3. The maximum atomic E-state index is 12.6. The fraction of sp³-hybridized carbons (Fsp3) is 0.211. The zero-order valence-electron chi connectivity index (χ0n) is 14.3. The number of nitrogens with zero attached hydrogens (tertiary/aromatic N) is 1. The third kappa shape index (κ3) is 4.52. The Morgan fingerprint density at radius 2 is 1.46 bits per heavy atom. The monoisotopic (exact) mass is 361 g/mol. The van der Waals surface area contributed by atoms with Gasteiger partial charge in [0.1, 0.15) is 6.10 Å². The summed E-state index contributed by atoms with van der Waals surface area (Å²) >= 11 is 0. The molecule has 0 spiro atoms. The normalized spacial score (nSPS) is 18.7. The predicted octanol–water partition coefficient (Wildman–Crippen LogP) is -2.12. The quantitative estimate of drug-likeness (QED) is 0.459. The van der Waals surface area contributed by atoms with Crippen LogP contribution in [0.25, 0.3) is 0 Å². The average molecular weight is 361 g/mol. The van der Waals surface area contributed by atoms with Crippen molar-refractivity contribution in [2.75, 3.05) is 6.54 Å². The Hall–Kier alpha value is -2.15. The molecule has 6 nitrogen and oxygen atoms in total. The topological polar surface area (TPSA) is 86.7 Å². The summed E-state index contributed by atoms with van der Waals surface area (Å²) in [5.41, 5.74) is 0.754. The van der Waals surface area contributed by atoms with E-state index in [-0.39, 0.29) is 42.5 Å². The Morgan fingerprint density at radius 3 is 2.00 bits per heavy atom. The van der Waals surface area contributed by atoms with Crippen molar-refractivity contribution in [2.24, 2.45) is 0 Å². The van der Waals surface area contributed by atoms with Gasteiger partial charge >= 0.3 is 35.5 Å². The fourth-order valence-corrected chi connectivity index (χ4v) is 2.87. The van der Waals surface area contributed by atoms with Gasteiger partial charge in [-0.25, -0.2) is 4.79 Å². The molecule has 2 atom stereocenters. The average Bonchev–Trinajstić information content (AvgIpc) is 3.06. The van der Waals surface area contributed by atoms with Crippen molar-refractivity contribution < 1.29 is 53.8 Å². The van der Waals surface area contributed by atoms with Crippen LogP contribution < -0.4 is 34.7 Å².